The third-order valence-corrected chi connectivity index (χ3v) is 4.04. The van der Waals surface area contributed by atoms with Crippen LogP contribution >= 0.6 is 0 Å². The van der Waals surface area contributed by atoms with Crippen LogP contribution in [0.25, 0.3) is 0 Å². The maximum absolute atomic E-state index is 12.7. The Bertz CT molecular complexity index is 676. The van der Waals surface area contributed by atoms with Gasteiger partial charge in [0.15, 0.2) is 17.2 Å². The number of allylic oxidation sites excluding steroid dienone is 2. The van der Waals surface area contributed by atoms with Crippen molar-refractivity contribution in [2.75, 3.05) is 7.05 Å². The van der Waals surface area contributed by atoms with Gasteiger partial charge < -0.3 is 19.7 Å². The zero-order chi connectivity index (χ0) is 17.7. The third-order valence-electron chi connectivity index (χ3n) is 4.04. The van der Waals surface area contributed by atoms with E-state index < -0.39 is 22.8 Å². The van der Waals surface area contributed by atoms with Crippen molar-refractivity contribution in [1.82, 2.24) is 9.47 Å². The molecule has 0 fully saturated rings. The fourth-order valence-corrected chi connectivity index (χ4v) is 2.38. The van der Waals surface area contributed by atoms with Gasteiger partial charge in [0.1, 0.15) is 0 Å². The molecule has 126 valence electrons. The SMILES string of the molecule is C=CC(C/C=C\C)C(C)N(C)C(=O)c1c(O)c(=O)c(O)cn1C. The molecule has 2 atom stereocenters. The minimum atomic E-state index is -0.957. The summed E-state index contributed by atoms with van der Waals surface area (Å²) >= 11 is 0. The van der Waals surface area contributed by atoms with Gasteiger partial charge in [0, 0.05) is 26.1 Å². The highest BCUT2D eigenvalue weighted by Gasteiger charge is 2.27. The van der Waals surface area contributed by atoms with Crippen molar-refractivity contribution >= 4 is 5.91 Å². The van der Waals surface area contributed by atoms with Crippen LogP contribution < -0.4 is 5.43 Å². The number of hydrogen-bond acceptors (Lipinski definition) is 4. The largest absolute Gasteiger partial charge is 0.503 e. The van der Waals surface area contributed by atoms with E-state index in [1.54, 1.807) is 13.1 Å². The Morgan fingerprint density at radius 3 is 2.61 bits per heavy atom. The molecular formula is C17H24N2O4. The van der Waals surface area contributed by atoms with Crippen molar-refractivity contribution in [2.24, 2.45) is 13.0 Å². The maximum Gasteiger partial charge on any atom is 0.274 e. The van der Waals surface area contributed by atoms with Crippen LogP contribution in [0.1, 0.15) is 30.8 Å². The highest BCUT2D eigenvalue weighted by Crippen LogP contribution is 2.21. The van der Waals surface area contributed by atoms with E-state index in [9.17, 15) is 19.8 Å². The molecule has 1 aromatic rings. The Morgan fingerprint density at radius 2 is 2.09 bits per heavy atom. The lowest BCUT2D eigenvalue weighted by Crippen LogP contribution is -2.40. The second kappa shape index (κ2) is 7.67. The summed E-state index contributed by atoms with van der Waals surface area (Å²) in [6.45, 7) is 7.60. The molecule has 6 heteroatoms. The highest BCUT2D eigenvalue weighted by molar-refractivity contribution is 5.95. The summed E-state index contributed by atoms with van der Waals surface area (Å²) in [7, 11) is 3.09. The summed E-state index contributed by atoms with van der Waals surface area (Å²) in [6, 6.07) is -0.181. The van der Waals surface area contributed by atoms with Gasteiger partial charge in [-0.05, 0) is 20.3 Å². The molecule has 0 saturated carbocycles. The summed E-state index contributed by atoms with van der Waals surface area (Å²) < 4.78 is 1.24. The summed E-state index contributed by atoms with van der Waals surface area (Å²) in [5, 5.41) is 19.3. The molecule has 2 N–H and O–H groups in total. The zero-order valence-electron chi connectivity index (χ0n) is 14.0. The van der Waals surface area contributed by atoms with Gasteiger partial charge in [0.2, 0.25) is 0 Å². The molecular weight excluding hydrogens is 296 g/mol. The van der Waals surface area contributed by atoms with Crippen molar-refractivity contribution in [3.8, 4) is 11.5 Å². The molecule has 0 aliphatic carbocycles. The predicted molar refractivity (Wildman–Crippen MR) is 89.7 cm³/mol. The van der Waals surface area contributed by atoms with Crippen LogP contribution in [0, 0.1) is 5.92 Å². The second-order valence-corrected chi connectivity index (χ2v) is 5.51. The maximum atomic E-state index is 12.7. The molecule has 1 heterocycles. The van der Waals surface area contributed by atoms with Crippen LogP contribution in [0.3, 0.4) is 0 Å². The molecule has 0 radical (unpaired) electrons. The number of amides is 1. The van der Waals surface area contributed by atoms with E-state index in [0.29, 0.717) is 0 Å². The first-order chi connectivity index (χ1) is 10.8. The normalized spacial score (nSPS) is 13.7. The van der Waals surface area contributed by atoms with Crippen LogP contribution in [-0.4, -0.2) is 38.7 Å². The predicted octanol–water partition coefficient (Wildman–Crippen LogP) is 2.03. The van der Waals surface area contributed by atoms with Crippen molar-refractivity contribution in [1.29, 1.82) is 0 Å². The molecule has 0 aromatic carbocycles. The topological polar surface area (TPSA) is 82.8 Å². The van der Waals surface area contributed by atoms with Crippen LogP contribution in [0.5, 0.6) is 11.5 Å². The number of pyridine rings is 1. The van der Waals surface area contributed by atoms with E-state index in [-0.39, 0.29) is 17.7 Å². The van der Waals surface area contributed by atoms with Gasteiger partial charge in [0.25, 0.3) is 11.3 Å². The fraction of sp³-hybridized carbons (Fsp3) is 0.412. The summed E-state index contributed by atoms with van der Waals surface area (Å²) in [5.41, 5.74) is -1.11. The van der Waals surface area contributed by atoms with Crippen molar-refractivity contribution < 1.29 is 15.0 Å². The first kappa shape index (κ1) is 18.5. The number of carbonyl (C=O) groups excluding carboxylic acids is 1. The Balaban J connectivity index is 3.17. The summed E-state index contributed by atoms with van der Waals surface area (Å²) in [5.74, 6) is -1.81. The van der Waals surface area contributed by atoms with Crippen LogP contribution in [0.4, 0.5) is 0 Å². The molecule has 0 aliphatic rings. The molecule has 6 nitrogen and oxygen atoms in total. The molecule has 2 unspecified atom stereocenters. The number of aromatic hydroxyl groups is 2. The van der Waals surface area contributed by atoms with Crippen molar-refractivity contribution in [2.45, 2.75) is 26.3 Å². The van der Waals surface area contributed by atoms with Gasteiger partial charge in [-0.3, -0.25) is 9.59 Å². The Morgan fingerprint density at radius 1 is 1.48 bits per heavy atom. The third kappa shape index (κ3) is 3.83. The van der Waals surface area contributed by atoms with E-state index in [0.717, 1.165) is 12.6 Å². The smallest absolute Gasteiger partial charge is 0.274 e. The number of rotatable bonds is 6. The van der Waals surface area contributed by atoms with Crippen molar-refractivity contribution in [3.05, 3.63) is 46.9 Å². The molecule has 1 aromatic heterocycles. The van der Waals surface area contributed by atoms with E-state index in [1.165, 1.54) is 16.5 Å². The molecule has 0 spiro atoms. The van der Waals surface area contributed by atoms with Crippen LogP contribution in [-0.2, 0) is 7.05 Å². The van der Waals surface area contributed by atoms with Crippen LogP contribution in [0.15, 0.2) is 35.8 Å². The van der Waals surface area contributed by atoms with E-state index in [2.05, 4.69) is 6.58 Å². The van der Waals surface area contributed by atoms with Crippen molar-refractivity contribution in [3.63, 3.8) is 0 Å². The monoisotopic (exact) mass is 320 g/mol. The zero-order valence-corrected chi connectivity index (χ0v) is 14.0. The number of aromatic nitrogens is 1. The van der Waals surface area contributed by atoms with Crippen LogP contribution in [0.2, 0.25) is 0 Å². The Kier molecular flexibility index (Phi) is 6.18. The fourth-order valence-electron chi connectivity index (χ4n) is 2.38. The average Bonchev–Trinajstić information content (AvgIpc) is 2.52. The number of aryl methyl sites for hydroxylation is 1. The first-order valence-corrected chi connectivity index (χ1v) is 7.38. The first-order valence-electron chi connectivity index (χ1n) is 7.38. The van der Waals surface area contributed by atoms with Gasteiger partial charge in [0.05, 0.1) is 6.20 Å². The van der Waals surface area contributed by atoms with E-state index in [1.807, 2.05) is 26.0 Å². The quantitative estimate of drug-likeness (QED) is 0.786. The number of hydrogen-bond donors (Lipinski definition) is 2. The number of carbonyl (C=O) groups is 1. The molecule has 1 rings (SSSR count). The molecule has 0 saturated heterocycles. The summed E-state index contributed by atoms with van der Waals surface area (Å²) in [4.78, 5) is 25.8. The molecule has 23 heavy (non-hydrogen) atoms. The highest BCUT2D eigenvalue weighted by atomic mass is 16.3. The lowest BCUT2D eigenvalue weighted by atomic mass is 9.96. The Hall–Kier alpha value is -2.50. The average molecular weight is 320 g/mol. The van der Waals surface area contributed by atoms with Gasteiger partial charge in [-0.2, -0.15) is 0 Å². The van der Waals surface area contributed by atoms with Gasteiger partial charge in [-0.1, -0.05) is 18.2 Å². The van der Waals surface area contributed by atoms with E-state index in [4.69, 9.17) is 0 Å². The number of nitrogens with zero attached hydrogens (tertiary/aromatic N) is 2. The minimum Gasteiger partial charge on any atom is -0.503 e. The Labute approximate surface area is 136 Å². The molecule has 0 aliphatic heterocycles. The van der Waals surface area contributed by atoms with Gasteiger partial charge in [-0.25, -0.2) is 0 Å². The van der Waals surface area contributed by atoms with E-state index >= 15 is 0 Å². The minimum absolute atomic E-state index is 0.0384. The molecule has 1 amide bonds. The summed E-state index contributed by atoms with van der Waals surface area (Å²) in [6.07, 6.45) is 7.55. The molecule has 0 bridgehead atoms. The van der Waals surface area contributed by atoms with Gasteiger partial charge in [-0.15, -0.1) is 6.58 Å². The lowest BCUT2D eigenvalue weighted by molar-refractivity contribution is 0.0697. The lowest BCUT2D eigenvalue weighted by Gasteiger charge is -2.30. The standard InChI is InChI=1S/C17H24N2O4/c1-6-8-9-12(7-2)11(3)19(5)17(23)14-16(22)15(21)13(20)10-18(14)4/h6-8,10-12,20,22H,2,9H2,1,3-5H3/b8-6-. The second-order valence-electron chi connectivity index (χ2n) is 5.51. The van der Waals surface area contributed by atoms with Gasteiger partial charge >= 0.3 is 0 Å².